The molecule has 0 aliphatic heterocycles. The van der Waals surface area contributed by atoms with Crippen molar-refractivity contribution in [2.24, 2.45) is 0 Å². The third-order valence-electron chi connectivity index (χ3n) is 2.41. The van der Waals surface area contributed by atoms with Crippen molar-refractivity contribution in [2.45, 2.75) is 0 Å². The average molecular weight is 279 g/mol. The summed E-state index contributed by atoms with van der Waals surface area (Å²) in [6, 6.07) is 7.76. The number of pyridine rings is 1. The van der Waals surface area contributed by atoms with Crippen LogP contribution in [0.3, 0.4) is 0 Å². The van der Waals surface area contributed by atoms with Crippen molar-refractivity contribution in [1.29, 1.82) is 0 Å². The summed E-state index contributed by atoms with van der Waals surface area (Å²) in [4.78, 5) is 15.7. The fourth-order valence-corrected chi connectivity index (χ4v) is 1.76. The SMILES string of the molecule is COc1ccc(NC(=O)c2ncccc2O)cc1Cl. The minimum Gasteiger partial charge on any atom is -0.505 e. The van der Waals surface area contributed by atoms with Gasteiger partial charge in [0, 0.05) is 11.9 Å². The first-order chi connectivity index (χ1) is 9.11. The lowest BCUT2D eigenvalue weighted by atomic mass is 10.2. The zero-order chi connectivity index (χ0) is 13.8. The van der Waals surface area contributed by atoms with Crippen LogP contribution >= 0.6 is 11.6 Å². The second kappa shape index (κ2) is 5.58. The number of methoxy groups -OCH3 is 1. The molecule has 0 saturated carbocycles. The van der Waals surface area contributed by atoms with E-state index in [1.807, 2.05) is 0 Å². The van der Waals surface area contributed by atoms with Crippen LogP contribution in [0.5, 0.6) is 11.5 Å². The number of ether oxygens (including phenoxy) is 1. The lowest BCUT2D eigenvalue weighted by Gasteiger charge is -2.08. The number of rotatable bonds is 3. The number of nitrogens with zero attached hydrogens (tertiary/aromatic N) is 1. The molecule has 6 heteroatoms. The van der Waals surface area contributed by atoms with Crippen molar-refractivity contribution in [1.82, 2.24) is 4.98 Å². The number of carbonyl (C=O) groups is 1. The Morgan fingerprint density at radius 3 is 2.84 bits per heavy atom. The van der Waals surface area contributed by atoms with Crippen LogP contribution in [-0.4, -0.2) is 23.1 Å². The summed E-state index contributed by atoms with van der Waals surface area (Å²) in [6.07, 6.45) is 1.43. The molecule has 0 radical (unpaired) electrons. The molecule has 0 atom stereocenters. The summed E-state index contributed by atoms with van der Waals surface area (Å²) in [5.74, 6) is -0.181. The van der Waals surface area contributed by atoms with Crippen LogP contribution in [0.15, 0.2) is 36.5 Å². The molecule has 1 amide bonds. The first-order valence-corrected chi connectivity index (χ1v) is 5.78. The van der Waals surface area contributed by atoms with E-state index in [1.54, 1.807) is 18.2 Å². The number of carbonyl (C=O) groups excluding carboxylic acids is 1. The highest BCUT2D eigenvalue weighted by Gasteiger charge is 2.13. The number of amides is 1. The van der Waals surface area contributed by atoms with E-state index in [9.17, 15) is 9.90 Å². The smallest absolute Gasteiger partial charge is 0.278 e. The van der Waals surface area contributed by atoms with Crippen LogP contribution in [0.1, 0.15) is 10.5 Å². The van der Waals surface area contributed by atoms with Crippen LogP contribution in [0.25, 0.3) is 0 Å². The van der Waals surface area contributed by atoms with Crippen molar-refractivity contribution in [3.63, 3.8) is 0 Å². The van der Waals surface area contributed by atoms with Crippen LogP contribution in [0, 0.1) is 0 Å². The predicted molar refractivity (Wildman–Crippen MR) is 71.9 cm³/mol. The minimum absolute atomic E-state index is 0.0468. The summed E-state index contributed by atoms with van der Waals surface area (Å²) in [5, 5.41) is 12.5. The van der Waals surface area contributed by atoms with Crippen molar-refractivity contribution in [3.8, 4) is 11.5 Å². The van der Waals surface area contributed by atoms with Gasteiger partial charge in [0.05, 0.1) is 12.1 Å². The highest BCUT2D eigenvalue weighted by atomic mass is 35.5. The second-order valence-corrected chi connectivity index (χ2v) is 4.08. The standard InChI is InChI=1S/C13H11ClN2O3/c1-19-11-5-4-8(7-9(11)14)16-13(18)12-10(17)3-2-6-15-12/h2-7,17H,1H3,(H,16,18). The van der Waals surface area contributed by atoms with Gasteiger partial charge in [-0.2, -0.15) is 0 Å². The normalized spacial score (nSPS) is 10.0. The van der Waals surface area contributed by atoms with E-state index in [4.69, 9.17) is 16.3 Å². The quantitative estimate of drug-likeness (QED) is 0.905. The number of hydrogen-bond donors (Lipinski definition) is 2. The van der Waals surface area contributed by atoms with Gasteiger partial charge in [0.25, 0.3) is 5.91 Å². The topological polar surface area (TPSA) is 71.5 Å². The third kappa shape index (κ3) is 2.95. The molecular formula is C13H11ClN2O3. The Morgan fingerprint density at radius 1 is 1.42 bits per heavy atom. The van der Waals surface area contributed by atoms with E-state index in [2.05, 4.69) is 10.3 Å². The number of aromatic nitrogens is 1. The first kappa shape index (κ1) is 13.2. The third-order valence-corrected chi connectivity index (χ3v) is 2.71. The summed E-state index contributed by atoms with van der Waals surface area (Å²) < 4.78 is 5.01. The van der Waals surface area contributed by atoms with Gasteiger partial charge in [-0.1, -0.05) is 11.6 Å². The van der Waals surface area contributed by atoms with Crippen LogP contribution in [-0.2, 0) is 0 Å². The Morgan fingerprint density at radius 2 is 2.21 bits per heavy atom. The molecule has 1 aromatic carbocycles. The summed E-state index contributed by atoms with van der Waals surface area (Å²) in [6.45, 7) is 0. The molecule has 2 aromatic rings. The van der Waals surface area contributed by atoms with Gasteiger partial charge in [-0.05, 0) is 30.3 Å². The molecule has 0 aliphatic carbocycles. The Bertz CT molecular complexity index is 617. The Balaban J connectivity index is 2.20. The van der Waals surface area contributed by atoms with Gasteiger partial charge in [0.2, 0.25) is 0 Å². The van der Waals surface area contributed by atoms with E-state index < -0.39 is 5.91 Å². The van der Waals surface area contributed by atoms with Crippen molar-refractivity contribution < 1.29 is 14.6 Å². The maximum Gasteiger partial charge on any atom is 0.278 e. The summed E-state index contributed by atoms with van der Waals surface area (Å²) >= 11 is 5.95. The molecule has 0 aliphatic rings. The molecule has 0 spiro atoms. The van der Waals surface area contributed by atoms with Gasteiger partial charge < -0.3 is 15.2 Å². The Kier molecular flexibility index (Phi) is 3.87. The Hall–Kier alpha value is -2.27. The van der Waals surface area contributed by atoms with Gasteiger partial charge >= 0.3 is 0 Å². The zero-order valence-electron chi connectivity index (χ0n) is 10.1. The molecule has 2 N–H and O–H groups in total. The molecule has 98 valence electrons. The molecule has 19 heavy (non-hydrogen) atoms. The lowest BCUT2D eigenvalue weighted by molar-refractivity contribution is 0.101. The number of halogens is 1. The van der Waals surface area contributed by atoms with E-state index >= 15 is 0 Å². The molecule has 5 nitrogen and oxygen atoms in total. The molecule has 0 saturated heterocycles. The average Bonchev–Trinajstić information content (AvgIpc) is 2.39. The van der Waals surface area contributed by atoms with Crippen molar-refractivity contribution >= 4 is 23.2 Å². The van der Waals surface area contributed by atoms with Crippen molar-refractivity contribution in [3.05, 3.63) is 47.2 Å². The van der Waals surface area contributed by atoms with E-state index in [1.165, 1.54) is 25.4 Å². The van der Waals surface area contributed by atoms with Crippen molar-refractivity contribution in [2.75, 3.05) is 12.4 Å². The van der Waals surface area contributed by atoms with E-state index in [0.29, 0.717) is 16.5 Å². The number of benzene rings is 1. The maximum absolute atomic E-state index is 11.9. The highest BCUT2D eigenvalue weighted by molar-refractivity contribution is 6.32. The van der Waals surface area contributed by atoms with Crippen LogP contribution in [0.4, 0.5) is 5.69 Å². The lowest BCUT2D eigenvalue weighted by Crippen LogP contribution is -2.13. The molecule has 0 bridgehead atoms. The molecule has 1 aromatic heterocycles. The van der Waals surface area contributed by atoms with Gasteiger partial charge in [-0.15, -0.1) is 0 Å². The molecule has 1 heterocycles. The first-order valence-electron chi connectivity index (χ1n) is 5.40. The fourth-order valence-electron chi connectivity index (χ4n) is 1.51. The van der Waals surface area contributed by atoms with Crippen LogP contribution in [0.2, 0.25) is 5.02 Å². The maximum atomic E-state index is 11.9. The van der Waals surface area contributed by atoms with Gasteiger partial charge in [0.1, 0.15) is 11.5 Å². The van der Waals surface area contributed by atoms with E-state index in [0.717, 1.165) is 0 Å². The number of hydrogen-bond acceptors (Lipinski definition) is 4. The second-order valence-electron chi connectivity index (χ2n) is 3.67. The Labute approximate surface area is 114 Å². The molecule has 2 rings (SSSR count). The minimum atomic E-state index is -0.515. The monoisotopic (exact) mass is 278 g/mol. The van der Waals surface area contributed by atoms with Gasteiger partial charge in [-0.25, -0.2) is 4.98 Å². The van der Waals surface area contributed by atoms with E-state index in [-0.39, 0.29) is 11.4 Å². The number of aromatic hydroxyl groups is 1. The predicted octanol–water partition coefficient (Wildman–Crippen LogP) is 2.70. The molecular weight excluding hydrogens is 268 g/mol. The van der Waals surface area contributed by atoms with Gasteiger partial charge in [-0.3, -0.25) is 4.79 Å². The summed E-state index contributed by atoms with van der Waals surface area (Å²) in [5.41, 5.74) is 0.440. The zero-order valence-corrected chi connectivity index (χ0v) is 10.8. The van der Waals surface area contributed by atoms with Crippen LogP contribution < -0.4 is 10.1 Å². The summed E-state index contributed by atoms with van der Waals surface area (Å²) in [7, 11) is 1.51. The number of anilines is 1. The number of nitrogens with one attached hydrogen (secondary N) is 1. The molecule has 0 fully saturated rings. The fraction of sp³-hybridized carbons (Fsp3) is 0.0769. The highest BCUT2D eigenvalue weighted by Crippen LogP contribution is 2.27. The molecule has 0 unspecified atom stereocenters. The largest absolute Gasteiger partial charge is 0.505 e. The van der Waals surface area contributed by atoms with Gasteiger partial charge in [0.15, 0.2) is 5.69 Å².